The molecule has 0 saturated heterocycles. The Hall–Kier alpha value is -1.70. The third-order valence-electron chi connectivity index (χ3n) is 3.71. The van der Waals surface area contributed by atoms with Gasteiger partial charge in [-0.15, -0.1) is 0 Å². The molecule has 0 aliphatic heterocycles. The summed E-state index contributed by atoms with van der Waals surface area (Å²) in [5.41, 5.74) is 2.18. The zero-order chi connectivity index (χ0) is 12.0. The van der Waals surface area contributed by atoms with Crippen LogP contribution in [0.25, 0.3) is 5.57 Å². The van der Waals surface area contributed by atoms with Gasteiger partial charge in [0.2, 0.25) is 0 Å². The highest BCUT2D eigenvalue weighted by molar-refractivity contribution is 6.39. The summed E-state index contributed by atoms with van der Waals surface area (Å²) in [5, 5.41) is 0. The lowest BCUT2D eigenvalue weighted by molar-refractivity contribution is -0.126. The van der Waals surface area contributed by atoms with Gasteiger partial charge in [-0.2, -0.15) is 0 Å². The minimum Gasteiger partial charge on any atom is -0.294 e. The van der Waals surface area contributed by atoms with Crippen molar-refractivity contribution in [1.82, 2.24) is 0 Å². The van der Waals surface area contributed by atoms with Gasteiger partial charge in [-0.1, -0.05) is 30.3 Å². The van der Waals surface area contributed by atoms with E-state index in [0.717, 1.165) is 18.4 Å². The van der Waals surface area contributed by atoms with E-state index in [0.29, 0.717) is 17.1 Å². The molecule has 0 radical (unpaired) electrons. The zero-order valence-electron chi connectivity index (χ0n) is 9.77. The molecule has 2 nitrogen and oxygen atoms in total. The molecule has 2 heteroatoms. The molecule has 1 aromatic carbocycles. The highest BCUT2D eigenvalue weighted by Gasteiger charge is 2.47. The smallest absolute Gasteiger partial charge is 0.174 e. The number of rotatable bonds is 2. The van der Waals surface area contributed by atoms with E-state index in [-0.39, 0.29) is 17.5 Å². The summed E-state index contributed by atoms with van der Waals surface area (Å²) in [7, 11) is 0. The second kappa shape index (κ2) is 3.66. The molecule has 1 saturated carbocycles. The molecule has 0 N–H and O–H groups in total. The van der Waals surface area contributed by atoms with Crippen LogP contribution in [0.5, 0.6) is 0 Å². The minimum absolute atomic E-state index is 0.0428. The molecule has 86 valence electrons. The Kier molecular flexibility index (Phi) is 2.25. The van der Waals surface area contributed by atoms with Gasteiger partial charge in [0.05, 0.1) is 5.92 Å². The maximum Gasteiger partial charge on any atom is 0.174 e. The molecule has 0 heterocycles. The van der Waals surface area contributed by atoms with E-state index in [9.17, 15) is 9.59 Å². The number of hydrogen-bond donors (Lipinski definition) is 0. The summed E-state index contributed by atoms with van der Waals surface area (Å²) in [6, 6.07) is 9.52. The largest absolute Gasteiger partial charge is 0.294 e. The number of hydrogen-bond acceptors (Lipinski definition) is 2. The van der Waals surface area contributed by atoms with Crippen molar-refractivity contribution < 1.29 is 9.59 Å². The predicted molar refractivity (Wildman–Crippen MR) is 65.3 cm³/mol. The van der Waals surface area contributed by atoms with Gasteiger partial charge in [-0.25, -0.2) is 0 Å². The van der Waals surface area contributed by atoms with Crippen molar-refractivity contribution in [2.24, 2.45) is 11.8 Å². The Morgan fingerprint density at radius 3 is 2.24 bits per heavy atom. The molecule has 0 spiro atoms. The Morgan fingerprint density at radius 1 is 1.00 bits per heavy atom. The summed E-state index contributed by atoms with van der Waals surface area (Å²) >= 11 is 0. The van der Waals surface area contributed by atoms with Gasteiger partial charge < -0.3 is 0 Å². The highest BCUT2D eigenvalue weighted by Crippen LogP contribution is 2.45. The monoisotopic (exact) mass is 226 g/mol. The second-order valence-corrected chi connectivity index (χ2v) is 4.91. The van der Waals surface area contributed by atoms with E-state index in [1.54, 1.807) is 6.92 Å². The van der Waals surface area contributed by atoms with E-state index < -0.39 is 0 Å². The number of carbonyl (C=O) groups excluding carboxylic acids is 2. The number of carbonyl (C=O) groups is 2. The summed E-state index contributed by atoms with van der Waals surface area (Å²) in [6.45, 7) is 1.78. The molecule has 1 atom stereocenters. The molecular formula is C15H14O2. The van der Waals surface area contributed by atoms with Crippen LogP contribution in [0.3, 0.4) is 0 Å². The van der Waals surface area contributed by atoms with Gasteiger partial charge in [0.25, 0.3) is 0 Å². The van der Waals surface area contributed by atoms with E-state index in [2.05, 4.69) is 0 Å². The van der Waals surface area contributed by atoms with Crippen LogP contribution in [-0.2, 0) is 9.59 Å². The average Bonchev–Trinajstić information content (AvgIpc) is 3.12. The van der Waals surface area contributed by atoms with Crippen molar-refractivity contribution in [1.29, 1.82) is 0 Å². The first-order valence-electron chi connectivity index (χ1n) is 6.05. The van der Waals surface area contributed by atoms with Crippen molar-refractivity contribution in [2.75, 3.05) is 0 Å². The molecule has 1 fully saturated rings. The van der Waals surface area contributed by atoms with Crippen molar-refractivity contribution in [3.8, 4) is 0 Å². The molecule has 3 rings (SSSR count). The average molecular weight is 226 g/mol. The van der Waals surface area contributed by atoms with E-state index in [1.807, 2.05) is 30.3 Å². The Balaban J connectivity index is 2.04. The number of allylic oxidation sites excluding steroid dienone is 2. The van der Waals surface area contributed by atoms with E-state index >= 15 is 0 Å². The summed E-state index contributed by atoms with van der Waals surface area (Å²) in [5.74, 6) is 0.0360. The fraction of sp³-hybridized carbons (Fsp3) is 0.333. The maximum atomic E-state index is 12.3. The van der Waals surface area contributed by atoms with Gasteiger partial charge in [0, 0.05) is 11.1 Å². The maximum absolute atomic E-state index is 12.3. The molecule has 0 bridgehead atoms. The lowest BCUT2D eigenvalue weighted by Crippen LogP contribution is -2.19. The second-order valence-electron chi connectivity index (χ2n) is 4.91. The summed E-state index contributed by atoms with van der Waals surface area (Å²) in [6.07, 6.45) is 2.05. The molecule has 1 aromatic rings. The van der Waals surface area contributed by atoms with Crippen LogP contribution in [0, 0.1) is 11.8 Å². The highest BCUT2D eigenvalue weighted by atomic mass is 16.2. The Morgan fingerprint density at radius 2 is 1.65 bits per heavy atom. The van der Waals surface area contributed by atoms with Crippen LogP contribution in [0.4, 0.5) is 0 Å². The molecule has 17 heavy (non-hydrogen) atoms. The van der Waals surface area contributed by atoms with Gasteiger partial charge >= 0.3 is 0 Å². The lowest BCUT2D eigenvalue weighted by atomic mass is 9.95. The Bertz CT molecular complexity index is 521. The number of Topliss-reactive ketones (excluding diaryl/α,β-unsaturated/α-hetero) is 2. The molecule has 1 unspecified atom stereocenters. The van der Waals surface area contributed by atoms with Crippen molar-refractivity contribution in [3.63, 3.8) is 0 Å². The van der Waals surface area contributed by atoms with Crippen LogP contribution in [0.15, 0.2) is 35.9 Å². The topological polar surface area (TPSA) is 34.1 Å². The third kappa shape index (κ3) is 1.55. The normalized spacial score (nSPS) is 24.6. The van der Waals surface area contributed by atoms with E-state index in [1.165, 1.54) is 0 Å². The predicted octanol–water partition coefficient (Wildman–Crippen LogP) is 2.64. The molecule has 2 aliphatic rings. The summed E-state index contributed by atoms with van der Waals surface area (Å²) < 4.78 is 0. The fourth-order valence-electron chi connectivity index (χ4n) is 2.64. The van der Waals surface area contributed by atoms with Crippen molar-refractivity contribution >= 4 is 17.1 Å². The van der Waals surface area contributed by atoms with Gasteiger partial charge in [0.15, 0.2) is 11.6 Å². The standard InChI is InChI=1S/C15H14O2/c1-9-12(10-5-3-2-4-6-10)15(17)13(14(9)16)11-7-8-11/h2-6,11,13H,7-8H2,1H3. The number of ketones is 2. The molecule has 0 aromatic heterocycles. The van der Waals surface area contributed by atoms with E-state index in [4.69, 9.17) is 0 Å². The Labute approximate surface area is 100 Å². The molecule has 2 aliphatic carbocycles. The van der Waals surface area contributed by atoms with Gasteiger partial charge in [-0.05, 0) is 31.2 Å². The molecular weight excluding hydrogens is 212 g/mol. The summed E-state index contributed by atoms with van der Waals surface area (Å²) in [4.78, 5) is 24.4. The van der Waals surface area contributed by atoms with Crippen LogP contribution < -0.4 is 0 Å². The first kappa shape index (κ1) is 10.5. The quantitative estimate of drug-likeness (QED) is 0.726. The SMILES string of the molecule is CC1=C(c2ccccc2)C(=O)C(C2CC2)C1=O. The number of benzene rings is 1. The van der Waals surface area contributed by atoms with Crippen LogP contribution in [-0.4, -0.2) is 11.6 Å². The molecule has 0 amide bonds. The third-order valence-corrected chi connectivity index (χ3v) is 3.71. The van der Waals surface area contributed by atoms with Crippen molar-refractivity contribution in [2.45, 2.75) is 19.8 Å². The van der Waals surface area contributed by atoms with Gasteiger partial charge in [0.1, 0.15) is 0 Å². The van der Waals surface area contributed by atoms with Crippen LogP contribution in [0.1, 0.15) is 25.3 Å². The first-order valence-corrected chi connectivity index (χ1v) is 6.05. The first-order chi connectivity index (χ1) is 8.20. The minimum atomic E-state index is -0.370. The zero-order valence-corrected chi connectivity index (χ0v) is 9.77. The van der Waals surface area contributed by atoms with Gasteiger partial charge in [-0.3, -0.25) is 9.59 Å². The lowest BCUT2D eigenvalue weighted by Gasteiger charge is -2.05. The van der Waals surface area contributed by atoms with Crippen LogP contribution >= 0.6 is 0 Å². The van der Waals surface area contributed by atoms with Crippen LogP contribution in [0.2, 0.25) is 0 Å². The fourth-order valence-corrected chi connectivity index (χ4v) is 2.64. The van der Waals surface area contributed by atoms with Crippen molar-refractivity contribution in [3.05, 3.63) is 41.5 Å².